The van der Waals surface area contributed by atoms with Crippen LogP contribution >= 0.6 is 0 Å². The molecule has 1 aromatic rings. The summed E-state index contributed by atoms with van der Waals surface area (Å²) in [5, 5.41) is 0. The summed E-state index contributed by atoms with van der Waals surface area (Å²) >= 11 is 0. The summed E-state index contributed by atoms with van der Waals surface area (Å²) in [6.45, 7) is 6.37. The third-order valence-electron chi connectivity index (χ3n) is 2.44. The Balaban J connectivity index is 2.43. The molecule has 0 spiro atoms. The molecule has 0 unspecified atom stereocenters. The first-order chi connectivity index (χ1) is 7.44. The quantitative estimate of drug-likeness (QED) is 0.459. The van der Waals surface area contributed by atoms with Gasteiger partial charge in [0.25, 0.3) is 15.9 Å². The highest BCUT2D eigenvalue weighted by Gasteiger charge is 2.10. The number of hydrogen-bond donors (Lipinski definition) is 1. The number of unbranched alkanes of at least 4 members (excludes halogenated alkanes) is 1. The van der Waals surface area contributed by atoms with Gasteiger partial charge < -0.3 is 0 Å². The van der Waals surface area contributed by atoms with Crippen molar-refractivity contribution in [1.29, 1.82) is 0 Å². The second kappa shape index (κ2) is 5.27. The van der Waals surface area contributed by atoms with Crippen molar-refractivity contribution in [3.05, 3.63) is 24.8 Å². The fourth-order valence-corrected chi connectivity index (χ4v) is 2.08. The van der Waals surface area contributed by atoms with E-state index in [-0.39, 0.29) is 5.75 Å². The molecule has 0 aliphatic rings. The molecule has 0 saturated heterocycles. The van der Waals surface area contributed by atoms with Crippen LogP contribution in [-0.4, -0.2) is 23.3 Å². The maximum absolute atomic E-state index is 10.5. The highest BCUT2D eigenvalue weighted by molar-refractivity contribution is 7.85. The van der Waals surface area contributed by atoms with Gasteiger partial charge in [-0.15, -0.1) is 0 Å². The van der Waals surface area contributed by atoms with E-state index in [0.29, 0.717) is 12.8 Å². The molecule has 1 rings (SSSR count). The van der Waals surface area contributed by atoms with E-state index in [9.17, 15) is 8.42 Å². The van der Waals surface area contributed by atoms with Crippen LogP contribution < -0.4 is 4.57 Å². The van der Waals surface area contributed by atoms with Crippen molar-refractivity contribution < 1.29 is 17.5 Å². The minimum atomic E-state index is -3.82. The van der Waals surface area contributed by atoms with Gasteiger partial charge in [0, 0.05) is 6.92 Å². The molecule has 90 valence electrons. The van der Waals surface area contributed by atoms with Gasteiger partial charge in [-0.05, 0) is 12.8 Å². The molecule has 0 aliphatic heterocycles. The lowest BCUT2D eigenvalue weighted by Crippen LogP contribution is -2.35. The SMILES string of the molecule is C=Cn1cc[n+](CCCCS(=O)(=O)O)c1C. The van der Waals surface area contributed by atoms with Gasteiger partial charge in [0.15, 0.2) is 0 Å². The van der Waals surface area contributed by atoms with Crippen molar-refractivity contribution in [2.24, 2.45) is 0 Å². The maximum Gasteiger partial charge on any atom is 0.264 e. The maximum atomic E-state index is 10.5. The molecule has 1 aromatic heterocycles. The average Bonchev–Trinajstić information content (AvgIpc) is 2.53. The lowest BCUT2D eigenvalue weighted by Gasteiger charge is -1.99. The fraction of sp³-hybridized carbons (Fsp3) is 0.500. The first kappa shape index (κ1) is 12.9. The van der Waals surface area contributed by atoms with Crippen molar-refractivity contribution in [3.8, 4) is 0 Å². The molecule has 0 saturated carbocycles. The number of aryl methyl sites for hydroxylation is 1. The van der Waals surface area contributed by atoms with Gasteiger partial charge in [-0.1, -0.05) is 6.58 Å². The van der Waals surface area contributed by atoms with E-state index in [2.05, 4.69) is 6.58 Å². The zero-order valence-corrected chi connectivity index (χ0v) is 10.2. The first-order valence-corrected chi connectivity index (χ1v) is 6.69. The van der Waals surface area contributed by atoms with Crippen LogP contribution in [0.4, 0.5) is 0 Å². The summed E-state index contributed by atoms with van der Waals surface area (Å²) in [6.07, 6.45) is 6.70. The van der Waals surface area contributed by atoms with E-state index < -0.39 is 10.1 Å². The number of hydrogen-bond acceptors (Lipinski definition) is 2. The van der Waals surface area contributed by atoms with E-state index in [1.807, 2.05) is 28.5 Å². The summed E-state index contributed by atoms with van der Waals surface area (Å²) in [5.41, 5.74) is 0. The molecule has 1 N–H and O–H groups in total. The highest BCUT2D eigenvalue weighted by Crippen LogP contribution is 1.97. The van der Waals surface area contributed by atoms with E-state index in [4.69, 9.17) is 4.55 Å². The topological polar surface area (TPSA) is 63.2 Å². The van der Waals surface area contributed by atoms with Crippen LogP contribution in [0.5, 0.6) is 0 Å². The van der Waals surface area contributed by atoms with E-state index in [1.54, 1.807) is 6.20 Å². The van der Waals surface area contributed by atoms with E-state index in [1.165, 1.54) is 0 Å². The summed E-state index contributed by atoms with van der Waals surface area (Å²) < 4.78 is 33.5. The molecule has 16 heavy (non-hydrogen) atoms. The Bertz CT molecular complexity index is 462. The van der Waals surface area contributed by atoms with Gasteiger partial charge in [0.2, 0.25) is 0 Å². The van der Waals surface area contributed by atoms with Crippen molar-refractivity contribution in [1.82, 2.24) is 4.57 Å². The monoisotopic (exact) mass is 245 g/mol. The zero-order chi connectivity index (χ0) is 12.2. The van der Waals surface area contributed by atoms with Gasteiger partial charge >= 0.3 is 0 Å². The van der Waals surface area contributed by atoms with E-state index in [0.717, 1.165) is 12.4 Å². The molecule has 0 atom stereocenters. The summed E-state index contributed by atoms with van der Waals surface area (Å²) in [7, 11) is -3.82. The Morgan fingerprint density at radius 1 is 1.56 bits per heavy atom. The minimum absolute atomic E-state index is 0.172. The molecule has 0 radical (unpaired) electrons. The molecule has 6 heteroatoms. The largest absolute Gasteiger partial charge is 0.286 e. The third kappa shape index (κ3) is 3.79. The number of imidazole rings is 1. The summed E-state index contributed by atoms with van der Waals surface area (Å²) in [5.74, 6) is 0.872. The smallest absolute Gasteiger partial charge is 0.264 e. The average molecular weight is 245 g/mol. The Morgan fingerprint density at radius 3 is 2.75 bits per heavy atom. The van der Waals surface area contributed by atoms with Crippen LogP contribution in [0.1, 0.15) is 18.7 Å². The molecule has 0 fully saturated rings. The second-order valence-electron chi connectivity index (χ2n) is 3.62. The predicted molar refractivity (Wildman–Crippen MR) is 61.4 cm³/mol. The molecule has 5 nitrogen and oxygen atoms in total. The van der Waals surface area contributed by atoms with Gasteiger partial charge in [0.05, 0.1) is 18.5 Å². The summed E-state index contributed by atoms with van der Waals surface area (Å²) in [6, 6.07) is 0. The van der Waals surface area contributed by atoms with Crippen LogP contribution in [0.25, 0.3) is 6.20 Å². The van der Waals surface area contributed by atoms with Crippen LogP contribution in [0.3, 0.4) is 0 Å². The predicted octanol–water partition coefficient (Wildman–Crippen LogP) is 0.853. The highest BCUT2D eigenvalue weighted by atomic mass is 32.2. The Kier molecular flexibility index (Phi) is 4.26. The summed E-state index contributed by atoms with van der Waals surface area (Å²) in [4.78, 5) is 0. The van der Waals surface area contributed by atoms with Gasteiger partial charge in [-0.25, -0.2) is 9.13 Å². The van der Waals surface area contributed by atoms with Gasteiger partial charge in [-0.2, -0.15) is 8.42 Å². The van der Waals surface area contributed by atoms with Crippen molar-refractivity contribution >= 4 is 16.3 Å². The van der Waals surface area contributed by atoms with Crippen LogP contribution in [0.15, 0.2) is 19.0 Å². The molecule has 0 aliphatic carbocycles. The Morgan fingerprint density at radius 2 is 2.25 bits per heavy atom. The standard InChI is InChI=1S/C10H16N2O3S/c1-3-11-7-8-12(10(11)2)6-4-5-9-16(13,14)15/h3,7-8H,1,4-6,9H2,2H3/p+1. The van der Waals surface area contributed by atoms with Crippen LogP contribution in [0.2, 0.25) is 0 Å². The number of aromatic nitrogens is 2. The lowest BCUT2D eigenvalue weighted by atomic mass is 10.3. The third-order valence-corrected chi connectivity index (χ3v) is 3.25. The molecule has 0 bridgehead atoms. The number of rotatable bonds is 6. The second-order valence-corrected chi connectivity index (χ2v) is 5.19. The lowest BCUT2D eigenvalue weighted by molar-refractivity contribution is -0.702. The number of nitrogens with zero attached hydrogens (tertiary/aromatic N) is 2. The molecular formula is C10H17N2O3S+. The Labute approximate surface area is 95.8 Å². The molecule has 0 aromatic carbocycles. The fourth-order valence-electron chi connectivity index (χ4n) is 1.51. The van der Waals surface area contributed by atoms with Crippen molar-refractivity contribution in [2.45, 2.75) is 26.3 Å². The van der Waals surface area contributed by atoms with Crippen LogP contribution in [-0.2, 0) is 16.7 Å². The molecular weight excluding hydrogens is 228 g/mol. The molecule has 1 heterocycles. The Hall–Kier alpha value is -1.14. The normalized spacial score (nSPS) is 11.6. The minimum Gasteiger partial charge on any atom is -0.286 e. The first-order valence-electron chi connectivity index (χ1n) is 5.08. The van der Waals surface area contributed by atoms with Gasteiger partial charge in [0.1, 0.15) is 12.4 Å². The zero-order valence-electron chi connectivity index (χ0n) is 9.33. The van der Waals surface area contributed by atoms with E-state index >= 15 is 0 Å². The van der Waals surface area contributed by atoms with Crippen molar-refractivity contribution in [3.63, 3.8) is 0 Å². The van der Waals surface area contributed by atoms with Crippen LogP contribution in [0, 0.1) is 6.92 Å². The van der Waals surface area contributed by atoms with Gasteiger partial charge in [-0.3, -0.25) is 4.55 Å². The molecule has 0 amide bonds. The van der Waals surface area contributed by atoms with Crippen molar-refractivity contribution in [2.75, 3.05) is 5.75 Å².